The van der Waals surface area contributed by atoms with E-state index in [0.29, 0.717) is 50.5 Å². The molecule has 1 spiro atoms. The molecule has 2 aromatic rings. The molecule has 29 heavy (non-hydrogen) atoms. The zero-order valence-electron chi connectivity index (χ0n) is 15.8. The minimum Gasteiger partial charge on any atom is -0.339 e. The first-order valence-electron chi connectivity index (χ1n) is 9.67. The summed E-state index contributed by atoms with van der Waals surface area (Å²) in [4.78, 5) is 28.8. The van der Waals surface area contributed by atoms with E-state index < -0.39 is 22.9 Å². The molecule has 0 saturated carbocycles. The highest BCUT2D eigenvalue weighted by Crippen LogP contribution is 2.42. The first kappa shape index (κ1) is 19.5. The molecule has 2 aromatic carbocycles. The Balaban J connectivity index is 1.43. The SMILES string of the molecule is O=C(c1ccccc1)N1CCC2(CC1)CCN(Cc1cc(F)cc(F)c1F)C2=O. The summed E-state index contributed by atoms with van der Waals surface area (Å²) in [6, 6.07) is 10.4. The van der Waals surface area contributed by atoms with E-state index in [0.717, 1.165) is 6.07 Å². The van der Waals surface area contributed by atoms with Crippen LogP contribution in [0.3, 0.4) is 0 Å². The van der Waals surface area contributed by atoms with Gasteiger partial charge >= 0.3 is 0 Å². The Morgan fingerprint density at radius 3 is 2.31 bits per heavy atom. The van der Waals surface area contributed by atoms with Gasteiger partial charge in [0.25, 0.3) is 5.91 Å². The van der Waals surface area contributed by atoms with Crippen LogP contribution in [0.1, 0.15) is 35.2 Å². The first-order valence-corrected chi connectivity index (χ1v) is 9.67. The fourth-order valence-electron chi connectivity index (χ4n) is 4.34. The third kappa shape index (κ3) is 3.61. The zero-order chi connectivity index (χ0) is 20.6. The van der Waals surface area contributed by atoms with Crippen LogP contribution in [0.25, 0.3) is 0 Å². The summed E-state index contributed by atoms with van der Waals surface area (Å²) in [5.41, 5.74) is -0.133. The molecule has 4 rings (SSSR count). The second-order valence-corrected chi connectivity index (χ2v) is 7.78. The average molecular weight is 402 g/mol. The quantitative estimate of drug-likeness (QED) is 0.734. The van der Waals surface area contributed by atoms with E-state index in [1.165, 1.54) is 4.90 Å². The minimum atomic E-state index is -1.26. The molecule has 0 bridgehead atoms. The number of rotatable bonds is 3. The normalized spacial score (nSPS) is 18.5. The van der Waals surface area contributed by atoms with Crippen LogP contribution in [-0.4, -0.2) is 41.2 Å². The van der Waals surface area contributed by atoms with Crippen molar-refractivity contribution in [2.24, 2.45) is 5.41 Å². The lowest BCUT2D eigenvalue weighted by Crippen LogP contribution is -2.46. The van der Waals surface area contributed by atoms with Gasteiger partial charge in [0.2, 0.25) is 5.91 Å². The van der Waals surface area contributed by atoms with Crippen LogP contribution in [0.2, 0.25) is 0 Å². The van der Waals surface area contributed by atoms with Crippen molar-refractivity contribution in [2.45, 2.75) is 25.8 Å². The molecule has 0 atom stereocenters. The molecule has 0 N–H and O–H groups in total. The molecule has 0 aliphatic carbocycles. The predicted octanol–water partition coefficient (Wildman–Crippen LogP) is 3.76. The highest BCUT2D eigenvalue weighted by Gasteiger charge is 2.48. The predicted molar refractivity (Wildman–Crippen MR) is 100 cm³/mol. The van der Waals surface area contributed by atoms with E-state index in [4.69, 9.17) is 0 Å². The Kier molecular flexibility index (Phi) is 5.06. The van der Waals surface area contributed by atoms with Crippen LogP contribution in [0, 0.1) is 22.9 Å². The molecule has 2 fully saturated rings. The van der Waals surface area contributed by atoms with E-state index in [9.17, 15) is 22.8 Å². The number of halogens is 3. The lowest BCUT2D eigenvalue weighted by atomic mass is 9.77. The van der Waals surface area contributed by atoms with Crippen molar-refractivity contribution in [3.05, 3.63) is 71.0 Å². The van der Waals surface area contributed by atoms with E-state index in [1.54, 1.807) is 17.0 Å². The third-order valence-electron chi connectivity index (χ3n) is 6.06. The highest BCUT2D eigenvalue weighted by molar-refractivity contribution is 5.94. The topological polar surface area (TPSA) is 40.6 Å². The summed E-state index contributed by atoms with van der Waals surface area (Å²) in [5, 5.41) is 0. The van der Waals surface area contributed by atoms with Crippen LogP contribution in [-0.2, 0) is 11.3 Å². The molecule has 2 heterocycles. The fourth-order valence-corrected chi connectivity index (χ4v) is 4.34. The molecular weight excluding hydrogens is 381 g/mol. The van der Waals surface area contributed by atoms with Gasteiger partial charge in [-0.1, -0.05) is 18.2 Å². The summed E-state index contributed by atoms with van der Waals surface area (Å²) >= 11 is 0. The maximum atomic E-state index is 14.0. The molecule has 2 aliphatic heterocycles. The number of hydrogen-bond acceptors (Lipinski definition) is 2. The largest absolute Gasteiger partial charge is 0.339 e. The van der Waals surface area contributed by atoms with Crippen molar-refractivity contribution < 1.29 is 22.8 Å². The van der Waals surface area contributed by atoms with Gasteiger partial charge in [-0.3, -0.25) is 9.59 Å². The van der Waals surface area contributed by atoms with Crippen molar-refractivity contribution in [1.82, 2.24) is 9.80 Å². The van der Waals surface area contributed by atoms with Gasteiger partial charge in [0.15, 0.2) is 11.6 Å². The fraction of sp³-hybridized carbons (Fsp3) is 0.364. The standard InChI is InChI=1S/C22H21F3N2O2/c23-17-12-16(19(25)18(24)13-17)14-27-11-8-22(21(27)29)6-9-26(10-7-22)20(28)15-4-2-1-3-5-15/h1-5,12-13H,6-11,14H2. The van der Waals surface area contributed by atoms with Crippen molar-refractivity contribution in [1.29, 1.82) is 0 Å². The van der Waals surface area contributed by atoms with E-state index in [-0.39, 0.29) is 23.9 Å². The number of carbonyl (C=O) groups excluding carboxylic acids is 2. The second kappa shape index (κ2) is 7.54. The Morgan fingerprint density at radius 2 is 1.62 bits per heavy atom. The second-order valence-electron chi connectivity index (χ2n) is 7.78. The molecule has 2 amide bonds. The average Bonchev–Trinajstić information content (AvgIpc) is 3.02. The Labute approximate surface area is 166 Å². The number of piperidine rings is 1. The summed E-state index contributed by atoms with van der Waals surface area (Å²) < 4.78 is 40.9. The maximum absolute atomic E-state index is 14.0. The molecule has 2 saturated heterocycles. The summed E-state index contributed by atoms with van der Waals surface area (Å²) in [7, 11) is 0. The number of amides is 2. The molecule has 7 heteroatoms. The van der Waals surface area contributed by atoms with Gasteiger partial charge in [0.1, 0.15) is 5.82 Å². The number of nitrogens with zero attached hydrogens (tertiary/aromatic N) is 2. The zero-order valence-corrected chi connectivity index (χ0v) is 15.8. The van der Waals surface area contributed by atoms with E-state index >= 15 is 0 Å². The molecule has 4 nitrogen and oxygen atoms in total. The van der Waals surface area contributed by atoms with Crippen molar-refractivity contribution >= 4 is 11.8 Å². The van der Waals surface area contributed by atoms with E-state index in [1.807, 2.05) is 18.2 Å². The van der Waals surface area contributed by atoms with Crippen molar-refractivity contribution in [3.8, 4) is 0 Å². The van der Waals surface area contributed by atoms with Crippen LogP contribution < -0.4 is 0 Å². The number of likely N-dealkylation sites (tertiary alicyclic amines) is 2. The van der Waals surface area contributed by atoms with Gasteiger partial charge in [-0.15, -0.1) is 0 Å². The molecule has 2 aliphatic rings. The van der Waals surface area contributed by atoms with Crippen molar-refractivity contribution in [2.75, 3.05) is 19.6 Å². The molecule has 0 aromatic heterocycles. The van der Waals surface area contributed by atoms with Gasteiger partial charge in [-0.2, -0.15) is 0 Å². The molecule has 0 radical (unpaired) electrons. The highest BCUT2D eigenvalue weighted by atomic mass is 19.2. The van der Waals surface area contributed by atoms with Crippen LogP contribution in [0.4, 0.5) is 13.2 Å². The van der Waals surface area contributed by atoms with Gasteiger partial charge in [-0.05, 0) is 37.5 Å². The third-order valence-corrected chi connectivity index (χ3v) is 6.06. The smallest absolute Gasteiger partial charge is 0.253 e. The van der Waals surface area contributed by atoms with Crippen LogP contribution in [0.15, 0.2) is 42.5 Å². The monoisotopic (exact) mass is 402 g/mol. The summed E-state index contributed by atoms with van der Waals surface area (Å²) in [6.45, 7) is 1.18. The molecule has 152 valence electrons. The Bertz CT molecular complexity index is 941. The maximum Gasteiger partial charge on any atom is 0.253 e. The van der Waals surface area contributed by atoms with Gasteiger partial charge in [0.05, 0.1) is 5.41 Å². The summed E-state index contributed by atoms with van der Waals surface area (Å²) in [5.74, 6) is -3.43. The lowest BCUT2D eigenvalue weighted by molar-refractivity contribution is -0.138. The van der Waals surface area contributed by atoms with Gasteiger partial charge in [0, 0.05) is 43.4 Å². The number of carbonyl (C=O) groups is 2. The van der Waals surface area contributed by atoms with Gasteiger partial charge in [-0.25, -0.2) is 13.2 Å². The Morgan fingerprint density at radius 1 is 0.966 bits per heavy atom. The first-order chi connectivity index (χ1) is 13.9. The van der Waals surface area contributed by atoms with Crippen molar-refractivity contribution in [3.63, 3.8) is 0 Å². The van der Waals surface area contributed by atoms with Crippen LogP contribution in [0.5, 0.6) is 0 Å². The summed E-state index contributed by atoms with van der Waals surface area (Å²) in [6.07, 6.45) is 1.65. The minimum absolute atomic E-state index is 0.0555. The van der Waals surface area contributed by atoms with Crippen LogP contribution >= 0.6 is 0 Å². The Hall–Kier alpha value is -2.83. The lowest BCUT2D eigenvalue weighted by Gasteiger charge is -2.38. The van der Waals surface area contributed by atoms with Gasteiger partial charge < -0.3 is 9.80 Å². The van der Waals surface area contributed by atoms with E-state index in [2.05, 4.69) is 0 Å². The number of benzene rings is 2. The number of hydrogen-bond donors (Lipinski definition) is 0. The molecule has 0 unspecified atom stereocenters. The molecular formula is C22H21F3N2O2.